The molecule has 0 radical (unpaired) electrons. The second-order valence-electron chi connectivity index (χ2n) is 17.3. The zero-order valence-electron chi connectivity index (χ0n) is 29.1. The van der Waals surface area contributed by atoms with Gasteiger partial charge in [-0.05, 0) is 148 Å². The van der Waals surface area contributed by atoms with Crippen LogP contribution in [0.2, 0.25) is 0 Å². The molecule has 49 heavy (non-hydrogen) atoms. The van der Waals surface area contributed by atoms with Crippen LogP contribution in [0, 0.1) is 46.3 Å². The maximum Gasteiger partial charge on any atom is 0.417 e. The fourth-order valence-electron chi connectivity index (χ4n) is 12.2. The number of rotatable bonds is 8. The number of halogens is 5. The van der Waals surface area contributed by atoms with Crippen LogP contribution >= 0.6 is 0 Å². The van der Waals surface area contributed by atoms with E-state index in [1.807, 2.05) is 6.92 Å². The van der Waals surface area contributed by atoms with Crippen molar-refractivity contribution >= 4 is 9.84 Å². The number of aliphatic hydroxyl groups is 2. The van der Waals surface area contributed by atoms with Gasteiger partial charge in [-0.15, -0.1) is 0 Å². The Hall–Kier alpha value is -1.30. The Morgan fingerprint density at radius 1 is 0.857 bits per heavy atom. The number of fused-ring (bicyclic) bond motifs is 5. The summed E-state index contributed by atoms with van der Waals surface area (Å²) in [5, 5.41) is 21.6. The van der Waals surface area contributed by atoms with Gasteiger partial charge in [0.05, 0.1) is 21.9 Å². The maximum atomic E-state index is 14.5. The highest BCUT2D eigenvalue weighted by Crippen LogP contribution is 2.68. The van der Waals surface area contributed by atoms with Crippen LogP contribution in [0.4, 0.5) is 22.0 Å². The minimum atomic E-state index is -4.64. The second-order valence-corrected chi connectivity index (χ2v) is 19.4. The van der Waals surface area contributed by atoms with Gasteiger partial charge in [0, 0.05) is 0 Å². The largest absolute Gasteiger partial charge is 0.417 e. The molecule has 0 amide bonds. The topological polar surface area (TPSA) is 83.8 Å². The predicted molar refractivity (Wildman–Crippen MR) is 176 cm³/mol. The van der Waals surface area contributed by atoms with Crippen molar-refractivity contribution in [2.75, 3.05) is 0 Å². The highest BCUT2D eigenvalue weighted by molar-refractivity contribution is 7.92. The molecule has 278 valence electrons. The van der Waals surface area contributed by atoms with E-state index in [1.165, 1.54) is 0 Å². The van der Waals surface area contributed by atoms with Gasteiger partial charge >= 0.3 is 12.8 Å². The highest BCUT2D eigenvalue weighted by atomic mass is 32.2. The third-order valence-corrected chi connectivity index (χ3v) is 17.3. The minimum Gasteiger partial charge on any atom is -0.390 e. The molecular weight excluding hydrogens is 663 g/mol. The molecule has 2 N–H and O–H groups in total. The third-order valence-electron chi connectivity index (χ3n) is 15.0. The standard InChI is InChI=1S/C38H55F5O5S/c1-24(32(49(46,47)27-9-5-4-6-10-27)23-36(44)18-14-26(15-19-36)48-33(39)40)29-12-13-30-28-11-7-8-25-22-37(45,38(41,42)43)21-20-34(25,2)31(28)16-17-35(29,30)3/h4-6,9-10,24-26,28-33,44-45H,7-8,11-23H2,1-3H3/t24-,25-,26?,28+,29+,30-,31-,32?,34-,35+,36?,37-/m0/s1. The number of benzene rings is 1. The maximum absolute atomic E-state index is 14.5. The Balaban J connectivity index is 1.26. The molecule has 0 heterocycles. The molecule has 10 atom stereocenters. The Kier molecular flexibility index (Phi) is 10.2. The summed E-state index contributed by atoms with van der Waals surface area (Å²) in [7, 11) is -3.88. The average molecular weight is 719 g/mol. The van der Waals surface area contributed by atoms with Gasteiger partial charge in [0.25, 0.3) is 0 Å². The smallest absolute Gasteiger partial charge is 0.390 e. The van der Waals surface area contributed by atoms with E-state index in [4.69, 9.17) is 4.74 Å². The van der Waals surface area contributed by atoms with Crippen LogP contribution in [0.15, 0.2) is 35.2 Å². The molecule has 0 spiro atoms. The van der Waals surface area contributed by atoms with E-state index in [0.717, 1.165) is 38.5 Å². The first-order valence-electron chi connectivity index (χ1n) is 18.6. The van der Waals surface area contributed by atoms with Gasteiger partial charge in [-0.1, -0.05) is 45.4 Å². The number of sulfone groups is 1. The van der Waals surface area contributed by atoms with Crippen LogP contribution in [-0.2, 0) is 14.6 Å². The molecule has 0 bridgehead atoms. The Morgan fingerprint density at radius 3 is 2.14 bits per heavy atom. The molecule has 11 heteroatoms. The van der Waals surface area contributed by atoms with E-state index >= 15 is 0 Å². The van der Waals surface area contributed by atoms with Gasteiger partial charge in [-0.2, -0.15) is 22.0 Å². The zero-order chi connectivity index (χ0) is 35.6. The van der Waals surface area contributed by atoms with Gasteiger partial charge in [-0.25, -0.2) is 8.42 Å². The summed E-state index contributed by atoms with van der Waals surface area (Å²) in [6, 6.07) is 8.37. The SMILES string of the molecule is C[C@H](C(CC1(O)CCC(OC(F)F)CC1)S(=O)(=O)c1ccccc1)[C@H]1CC[C@H]2[C@H]3CCC[C@H]4C[C@](O)(C(F)(F)F)CC[C@]4(C)[C@H]3CC[C@]12C. The first-order valence-corrected chi connectivity index (χ1v) is 20.1. The molecular formula is C38H55F5O5S. The molecule has 5 aliphatic carbocycles. The lowest BCUT2D eigenvalue weighted by atomic mass is 9.48. The van der Waals surface area contributed by atoms with Crippen LogP contribution in [0.3, 0.4) is 0 Å². The van der Waals surface area contributed by atoms with Gasteiger partial charge in [-0.3, -0.25) is 0 Å². The van der Waals surface area contributed by atoms with Crippen molar-refractivity contribution in [2.24, 2.45) is 46.3 Å². The minimum absolute atomic E-state index is 0.0258. The number of hydrogen-bond donors (Lipinski definition) is 2. The van der Waals surface area contributed by atoms with E-state index in [2.05, 4.69) is 13.8 Å². The molecule has 5 fully saturated rings. The first kappa shape index (κ1) is 37.5. The summed E-state index contributed by atoms with van der Waals surface area (Å²) in [6.07, 6.45) is 1.44. The van der Waals surface area contributed by atoms with Crippen LogP contribution in [0.5, 0.6) is 0 Å². The van der Waals surface area contributed by atoms with E-state index < -0.39 is 45.2 Å². The number of hydrogen-bond acceptors (Lipinski definition) is 5. The zero-order valence-corrected chi connectivity index (χ0v) is 29.9. The summed E-state index contributed by atoms with van der Waals surface area (Å²) in [5.41, 5.74) is -4.37. The van der Waals surface area contributed by atoms with Crippen molar-refractivity contribution in [1.82, 2.24) is 0 Å². The first-order chi connectivity index (χ1) is 22.8. The van der Waals surface area contributed by atoms with Gasteiger partial charge in [0.1, 0.15) is 0 Å². The van der Waals surface area contributed by atoms with E-state index in [0.29, 0.717) is 24.7 Å². The van der Waals surface area contributed by atoms with Crippen molar-refractivity contribution in [2.45, 2.75) is 157 Å². The van der Waals surface area contributed by atoms with E-state index in [1.54, 1.807) is 30.3 Å². The van der Waals surface area contributed by atoms with Crippen LogP contribution in [0.1, 0.15) is 117 Å². The van der Waals surface area contributed by atoms with Crippen molar-refractivity contribution in [3.05, 3.63) is 30.3 Å². The molecule has 0 aliphatic heterocycles. The fraction of sp³-hybridized carbons (Fsp3) is 0.842. The van der Waals surface area contributed by atoms with Crippen molar-refractivity contribution in [3.63, 3.8) is 0 Å². The molecule has 1 unspecified atom stereocenters. The lowest BCUT2D eigenvalue weighted by molar-refractivity contribution is -0.285. The van der Waals surface area contributed by atoms with Gasteiger partial charge in [0.15, 0.2) is 15.4 Å². The van der Waals surface area contributed by atoms with Crippen molar-refractivity contribution in [3.8, 4) is 0 Å². The molecule has 5 aliphatic rings. The highest BCUT2D eigenvalue weighted by Gasteiger charge is 2.65. The quantitative estimate of drug-likeness (QED) is 0.262. The van der Waals surface area contributed by atoms with Crippen LogP contribution in [-0.4, -0.2) is 54.0 Å². The van der Waals surface area contributed by atoms with Crippen molar-refractivity contribution < 1.29 is 45.3 Å². The lowest BCUT2D eigenvalue weighted by Gasteiger charge is -2.58. The summed E-state index contributed by atoms with van der Waals surface area (Å²) in [5.74, 6) is 0.508. The van der Waals surface area contributed by atoms with Gasteiger partial charge < -0.3 is 14.9 Å². The van der Waals surface area contributed by atoms with Crippen LogP contribution in [0.25, 0.3) is 0 Å². The predicted octanol–water partition coefficient (Wildman–Crippen LogP) is 9.11. The molecule has 1 aromatic carbocycles. The number of alkyl halides is 5. The molecule has 1 aromatic rings. The average Bonchev–Trinajstić information content (AvgIpc) is 3.32. The fourth-order valence-corrected chi connectivity index (χ4v) is 14.4. The molecule has 5 nitrogen and oxygen atoms in total. The Morgan fingerprint density at radius 2 is 1.51 bits per heavy atom. The van der Waals surface area contributed by atoms with Gasteiger partial charge in [0.2, 0.25) is 0 Å². The molecule has 6 rings (SSSR count). The van der Waals surface area contributed by atoms with Crippen LogP contribution < -0.4 is 0 Å². The second kappa shape index (κ2) is 13.3. The summed E-state index contributed by atoms with van der Waals surface area (Å²) in [6.45, 7) is 3.62. The summed E-state index contributed by atoms with van der Waals surface area (Å²) in [4.78, 5) is 0.215. The summed E-state index contributed by atoms with van der Waals surface area (Å²) < 4.78 is 101. The Bertz CT molecular complexity index is 1410. The van der Waals surface area contributed by atoms with E-state index in [9.17, 15) is 40.6 Å². The number of ether oxygens (including phenoxy) is 1. The summed E-state index contributed by atoms with van der Waals surface area (Å²) >= 11 is 0. The molecule has 0 saturated heterocycles. The lowest BCUT2D eigenvalue weighted by Crippen LogP contribution is -2.56. The van der Waals surface area contributed by atoms with E-state index in [-0.39, 0.29) is 84.3 Å². The monoisotopic (exact) mass is 718 g/mol. The normalized spacial score (nSPS) is 42.8. The molecule has 0 aromatic heterocycles. The molecule has 5 saturated carbocycles. The Labute approximate surface area is 288 Å². The third kappa shape index (κ3) is 6.74. The van der Waals surface area contributed by atoms with Crippen molar-refractivity contribution in [1.29, 1.82) is 0 Å².